The first-order valence-electron chi connectivity index (χ1n) is 14.8. The lowest BCUT2D eigenvalue weighted by atomic mass is 10.0. The van der Waals surface area contributed by atoms with Gasteiger partial charge < -0.3 is 14.6 Å². The molecule has 1 aromatic heterocycles. The second-order valence-electron chi connectivity index (χ2n) is 10.4. The molecule has 0 aliphatic rings. The van der Waals surface area contributed by atoms with Crippen LogP contribution in [0.4, 0.5) is 0 Å². The zero-order valence-corrected chi connectivity index (χ0v) is 23.9. The minimum Gasteiger partial charge on any atom is -0.492 e. The van der Waals surface area contributed by atoms with E-state index >= 15 is 0 Å². The van der Waals surface area contributed by atoms with E-state index < -0.39 is 0 Å². The number of rotatable bonds is 14. The molecule has 5 aromatic rings. The lowest BCUT2D eigenvalue weighted by molar-refractivity contribution is -0.120. The molecule has 5 heteroatoms. The van der Waals surface area contributed by atoms with Gasteiger partial charge in [-0.3, -0.25) is 4.79 Å². The molecule has 0 atom stereocenters. The van der Waals surface area contributed by atoms with E-state index in [0.29, 0.717) is 19.6 Å². The van der Waals surface area contributed by atoms with Crippen molar-refractivity contribution in [3.63, 3.8) is 0 Å². The molecule has 0 fully saturated rings. The number of ether oxygens (including phenoxy) is 1. The zero-order valence-electron chi connectivity index (χ0n) is 23.9. The number of nitrogens with zero attached hydrogens (tertiary/aromatic N) is 2. The maximum Gasteiger partial charge on any atom is 0.224 e. The molecule has 5 rings (SSSR count). The highest BCUT2D eigenvalue weighted by molar-refractivity contribution is 5.79. The van der Waals surface area contributed by atoms with Crippen molar-refractivity contribution in [1.29, 1.82) is 0 Å². The summed E-state index contributed by atoms with van der Waals surface area (Å²) in [6, 6.07) is 35.2. The Morgan fingerprint density at radius 1 is 0.780 bits per heavy atom. The van der Waals surface area contributed by atoms with Gasteiger partial charge in [-0.15, -0.1) is 0 Å². The summed E-state index contributed by atoms with van der Waals surface area (Å²) in [4.78, 5) is 17.4. The van der Waals surface area contributed by atoms with Crippen molar-refractivity contribution in [2.45, 2.75) is 52.0 Å². The van der Waals surface area contributed by atoms with Crippen LogP contribution in [-0.2, 0) is 30.6 Å². The first kappa shape index (κ1) is 28.2. The molecule has 0 spiro atoms. The van der Waals surface area contributed by atoms with Crippen molar-refractivity contribution in [3.05, 3.63) is 120 Å². The first-order chi connectivity index (χ1) is 20.2. The number of amides is 1. The molecular formula is C36H39N3O2. The molecule has 0 radical (unpaired) electrons. The Morgan fingerprint density at radius 3 is 2.27 bits per heavy atom. The number of aryl methyl sites for hydroxylation is 2. The Bertz CT molecular complexity index is 1520. The number of carbonyl (C=O) groups excluding carboxylic acids is 1. The molecule has 5 nitrogen and oxygen atoms in total. The summed E-state index contributed by atoms with van der Waals surface area (Å²) in [5, 5.41) is 3.08. The van der Waals surface area contributed by atoms with Crippen LogP contribution in [0.1, 0.15) is 43.1 Å². The zero-order chi connectivity index (χ0) is 28.3. The number of carbonyl (C=O) groups is 1. The molecule has 1 amide bonds. The third kappa shape index (κ3) is 7.85. The molecule has 0 saturated heterocycles. The van der Waals surface area contributed by atoms with Crippen molar-refractivity contribution in [1.82, 2.24) is 14.9 Å². The van der Waals surface area contributed by atoms with E-state index in [0.717, 1.165) is 72.4 Å². The fourth-order valence-corrected chi connectivity index (χ4v) is 5.15. The summed E-state index contributed by atoms with van der Waals surface area (Å²) in [7, 11) is 0. The van der Waals surface area contributed by atoms with Crippen LogP contribution >= 0.6 is 0 Å². The summed E-state index contributed by atoms with van der Waals surface area (Å²) in [5.41, 5.74) is 6.87. The smallest absolute Gasteiger partial charge is 0.224 e. The molecule has 1 heterocycles. The van der Waals surface area contributed by atoms with Crippen LogP contribution in [0.25, 0.3) is 22.2 Å². The molecular weight excluding hydrogens is 506 g/mol. The van der Waals surface area contributed by atoms with E-state index in [1.807, 2.05) is 48.5 Å². The minimum absolute atomic E-state index is 0.0728. The Labute approximate surface area is 243 Å². The van der Waals surface area contributed by atoms with Crippen molar-refractivity contribution in [2.75, 3.05) is 13.2 Å². The van der Waals surface area contributed by atoms with Crippen LogP contribution < -0.4 is 10.1 Å². The molecule has 0 aliphatic carbocycles. The van der Waals surface area contributed by atoms with Crippen LogP contribution in [0, 0.1) is 0 Å². The Morgan fingerprint density at radius 2 is 1.49 bits per heavy atom. The number of benzene rings is 4. The molecule has 1 N–H and O–H groups in total. The quantitative estimate of drug-likeness (QED) is 0.148. The highest BCUT2D eigenvalue weighted by atomic mass is 16.5. The monoisotopic (exact) mass is 545 g/mol. The van der Waals surface area contributed by atoms with Gasteiger partial charge in [-0.2, -0.15) is 0 Å². The number of nitrogens with one attached hydrogen (secondary N) is 1. The number of fused-ring (bicyclic) bond motifs is 1. The van der Waals surface area contributed by atoms with Crippen molar-refractivity contribution < 1.29 is 9.53 Å². The summed E-state index contributed by atoms with van der Waals surface area (Å²) in [6.07, 6.45) is 5.36. The predicted molar refractivity (Wildman–Crippen MR) is 167 cm³/mol. The van der Waals surface area contributed by atoms with Gasteiger partial charge in [0, 0.05) is 13.0 Å². The van der Waals surface area contributed by atoms with Crippen LogP contribution in [0.2, 0.25) is 0 Å². The number of unbranched alkanes of at least 4 members (excludes halogenated alkanes) is 2. The summed E-state index contributed by atoms with van der Waals surface area (Å²) in [6.45, 7) is 4.21. The van der Waals surface area contributed by atoms with Crippen LogP contribution in [-0.4, -0.2) is 28.6 Å². The lowest BCUT2D eigenvalue weighted by Gasteiger charge is -2.11. The minimum atomic E-state index is 0.0728. The Balaban J connectivity index is 1.05. The maximum atomic E-state index is 12.5. The number of aromatic nitrogens is 2. The van der Waals surface area contributed by atoms with Crippen molar-refractivity contribution in [3.8, 4) is 16.9 Å². The highest BCUT2D eigenvalue weighted by Gasteiger charge is 2.11. The molecule has 0 aliphatic heterocycles. The van der Waals surface area contributed by atoms with Crippen LogP contribution in [0.15, 0.2) is 103 Å². The maximum absolute atomic E-state index is 12.5. The van der Waals surface area contributed by atoms with Gasteiger partial charge in [0.2, 0.25) is 5.91 Å². The topological polar surface area (TPSA) is 56.1 Å². The van der Waals surface area contributed by atoms with Gasteiger partial charge in [0.15, 0.2) is 0 Å². The average molecular weight is 546 g/mol. The van der Waals surface area contributed by atoms with Gasteiger partial charge in [-0.05, 0) is 65.8 Å². The lowest BCUT2D eigenvalue weighted by Crippen LogP contribution is -2.26. The molecule has 4 aromatic carbocycles. The van der Waals surface area contributed by atoms with E-state index in [1.54, 1.807) is 0 Å². The summed E-state index contributed by atoms with van der Waals surface area (Å²) in [5.74, 6) is 2.07. The van der Waals surface area contributed by atoms with E-state index in [-0.39, 0.29) is 5.91 Å². The van der Waals surface area contributed by atoms with Crippen LogP contribution in [0.3, 0.4) is 0 Å². The Hall–Kier alpha value is -4.38. The number of hydrogen-bond donors (Lipinski definition) is 1. The van der Waals surface area contributed by atoms with Gasteiger partial charge in [0.05, 0.1) is 24.0 Å². The number of hydrogen-bond acceptors (Lipinski definition) is 3. The second kappa shape index (κ2) is 14.3. The van der Waals surface area contributed by atoms with Gasteiger partial charge in [-0.1, -0.05) is 92.2 Å². The van der Waals surface area contributed by atoms with Crippen LogP contribution in [0.5, 0.6) is 5.75 Å². The number of para-hydroxylation sites is 2. The first-order valence-corrected chi connectivity index (χ1v) is 14.8. The van der Waals surface area contributed by atoms with Gasteiger partial charge in [-0.25, -0.2) is 4.98 Å². The molecule has 0 unspecified atom stereocenters. The van der Waals surface area contributed by atoms with Crippen molar-refractivity contribution in [2.24, 2.45) is 0 Å². The molecule has 0 bridgehead atoms. The molecule has 210 valence electrons. The normalized spacial score (nSPS) is 11.0. The fraction of sp³-hybridized carbons (Fsp3) is 0.278. The largest absolute Gasteiger partial charge is 0.492 e. The third-order valence-corrected chi connectivity index (χ3v) is 7.47. The van der Waals surface area contributed by atoms with E-state index in [9.17, 15) is 4.79 Å². The van der Waals surface area contributed by atoms with E-state index in [2.05, 4.69) is 71.4 Å². The van der Waals surface area contributed by atoms with Gasteiger partial charge in [0.25, 0.3) is 0 Å². The second-order valence-corrected chi connectivity index (χ2v) is 10.4. The average Bonchev–Trinajstić information content (AvgIpc) is 3.37. The number of imidazole rings is 1. The van der Waals surface area contributed by atoms with E-state index in [1.165, 1.54) is 11.1 Å². The predicted octanol–water partition coefficient (Wildman–Crippen LogP) is 7.42. The third-order valence-electron chi connectivity index (χ3n) is 7.47. The molecule has 0 saturated carbocycles. The standard InChI is InChI=1S/C36H39N3O2/c1-2-28-18-22-32(23-19-28)41-26-25-39-34-14-9-8-13-33(34)38-35(39)15-7-4-10-24-37-36(40)27-29-16-20-31(21-17-29)30-11-5-3-6-12-30/h3,5-6,8-9,11-14,16-23H,2,4,7,10,15,24-27H2,1H3,(H,37,40). The fourth-order valence-electron chi connectivity index (χ4n) is 5.15. The highest BCUT2D eigenvalue weighted by Crippen LogP contribution is 2.20. The summed E-state index contributed by atoms with van der Waals surface area (Å²) >= 11 is 0. The Kier molecular flexibility index (Phi) is 9.83. The van der Waals surface area contributed by atoms with Crippen molar-refractivity contribution >= 4 is 16.9 Å². The summed E-state index contributed by atoms with van der Waals surface area (Å²) < 4.78 is 8.33. The van der Waals surface area contributed by atoms with Gasteiger partial charge >= 0.3 is 0 Å². The van der Waals surface area contributed by atoms with Gasteiger partial charge in [0.1, 0.15) is 18.2 Å². The SMILES string of the molecule is CCc1ccc(OCCn2c(CCCCCNC(=O)Cc3ccc(-c4ccccc4)cc3)nc3ccccc32)cc1. The molecule has 41 heavy (non-hydrogen) atoms. The van der Waals surface area contributed by atoms with E-state index in [4.69, 9.17) is 9.72 Å².